The van der Waals surface area contributed by atoms with Crippen molar-refractivity contribution in [2.75, 3.05) is 4.90 Å². The van der Waals surface area contributed by atoms with Crippen LogP contribution in [0.25, 0.3) is 82.8 Å². The maximum absolute atomic E-state index is 2.51. The van der Waals surface area contributed by atoms with E-state index in [1.54, 1.807) is 0 Å². The monoisotopic (exact) mass is 846 g/mol. The summed E-state index contributed by atoms with van der Waals surface area (Å²) in [5.41, 5.74) is 18.1. The van der Waals surface area contributed by atoms with E-state index in [0.29, 0.717) is 5.92 Å². The van der Waals surface area contributed by atoms with Gasteiger partial charge in [0.05, 0.1) is 22.4 Å². The second-order valence-electron chi connectivity index (χ2n) is 17.8. The van der Waals surface area contributed by atoms with E-state index >= 15 is 0 Å². The molecule has 1 saturated carbocycles. The zero-order valence-electron chi connectivity index (χ0n) is 37.0. The van der Waals surface area contributed by atoms with Crippen LogP contribution in [0.4, 0.5) is 17.1 Å². The minimum absolute atomic E-state index is 0.570. The number of fused-ring (bicyclic) bond motifs is 4. The second-order valence-corrected chi connectivity index (χ2v) is 17.8. The van der Waals surface area contributed by atoms with Crippen molar-refractivity contribution in [2.45, 2.75) is 38.0 Å². The fraction of sp³-hybridized carbons (Fsp3) is 0.0938. The van der Waals surface area contributed by atoms with E-state index in [9.17, 15) is 0 Å². The van der Waals surface area contributed by atoms with Gasteiger partial charge in [0.1, 0.15) is 0 Å². The standard InChI is InChI=1S/C64H50N2/c1-5-20-45(21-6-1)50-40-43-61(58(44-50)47-24-9-3-10-25-47)65(59-35-15-13-30-55(59)56-34-18-27-49-26-17-32-53(63(49)56)46-22-7-2-8-23-46)52-41-38-48(39-42-52)54-33-19-37-62-64(54)57-31-14-16-36-60(57)66(62)51-28-11-4-12-29-51/h1,3-6,9-21,24-44,46H,2,7-8,22-23H2. The fourth-order valence-corrected chi connectivity index (χ4v) is 10.9. The second kappa shape index (κ2) is 17.2. The molecule has 0 amide bonds. The quantitative estimate of drug-likeness (QED) is 0.140. The summed E-state index contributed by atoms with van der Waals surface area (Å²) in [4.78, 5) is 2.51. The average molecular weight is 847 g/mol. The van der Waals surface area contributed by atoms with Crippen molar-refractivity contribution in [1.82, 2.24) is 4.57 Å². The Morgan fingerprint density at radius 1 is 0.364 bits per heavy atom. The Morgan fingerprint density at radius 3 is 1.73 bits per heavy atom. The van der Waals surface area contributed by atoms with Crippen molar-refractivity contribution >= 4 is 49.6 Å². The summed E-state index contributed by atoms with van der Waals surface area (Å²) in [6.45, 7) is 0. The maximum atomic E-state index is 2.51. The van der Waals surface area contributed by atoms with Crippen LogP contribution in [-0.4, -0.2) is 4.57 Å². The molecular weight excluding hydrogens is 797 g/mol. The number of para-hydroxylation sites is 3. The molecule has 0 aliphatic heterocycles. The topological polar surface area (TPSA) is 8.17 Å². The number of anilines is 3. The summed E-state index contributed by atoms with van der Waals surface area (Å²) in [6.07, 6.45) is 6.44. The first kappa shape index (κ1) is 39.6. The molecule has 12 rings (SSSR count). The number of aromatic nitrogens is 1. The molecule has 10 aromatic carbocycles. The number of hydrogen-bond acceptors (Lipinski definition) is 1. The van der Waals surface area contributed by atoms with Crippen molar-refractivity contribution in [3.63, 3.8) is 0 Å². The van der Waals surface area contributed by atoms with Gasteiger partial charge in [0.25, 0.3) is 0 Å². The van der Waals surface area contributed by atoms with Gasteiger partial charge in [-0.15, -0.1) is 0 Å². The molecule has 1 aliphatic carbocycles. The number of nitrogens with zero attached hydrogens (tertiary/aromatic N) is 2. The Bertz CT molecular complexity index is 3480. The molecular formula is C64H50N2. The highest BCUT2D eigenvalue weighted by Gasteiger charge is 2.25. The Kier molecular flexibility index (Phi) is 10.3. The lowest BCUT2D eigenvalue weighted by molar-refractivity contribution is 0.445. The largest absolute Gasteiger partial charge is 0.309 e. The normalized spacial score (nSPS) is 13.1. The summed E-state index contributed by atoms with van der Waals surface area (Å²) in [7, 11) is 0. The lowest BCUT2D eigenvalue weighted by atomic mass is 9.80. The molecule has 1 heterocycles. The lowest BCUT2D eigenvalue weighted by Crippen LogP contribution is -2.13. The molecule has 0 atom stereocenters. The van der Waals surface area contributed by atoms with E-state index in [1.165, 1.54) is 115 Å². The third-order valence-corrected chi connectivity index (χ3v) is 14.0. The van der Waals surface area contributed by atoms with Crippen LogP contribution in [0.3, 0.4) is 0 Å². The first-order valence-electron chi connectivity index (χ1n) is 23.6. The average Bonchev–Trinajstić information content (AvgIpc) is 3.74. The molecule has 1 aliphatic rings. The van der Waals surface area contributed by atoms with Crippen LogP contribution in [0.5, 0.6) is 0 Å². The highest BCUT2D eigenvalue weighted by Crippen LogP contribution is 2.49. The molecule has 2 heteroatoms. The van der Waals surface area contributed by atoms with E-state index in [2.05, 4.69) is 246 Å². The van der Waals surface area contributed by atoms with Crippen LogP contribution in [0.1, 0.15) is 43.6 Å². The SMILES string of the molecule is c1ccc(-c2ccc(N(c3ccc(-c4cccc5c4c4ccccc4n5-c4ccccc4)cc3)c3ccccc3-c3cccc4cccc(C5CCCCC5)c34)c(-c3ccccc3)c2)cc1. The molecule has 0 bridgehead atoms. The molecule has 0 spiro atoms. The first-order valence-corrected chi connectivity index (χ1v) is 23.6. The molecule has 0 unspecified atom stereocenters. The Hall–Kier alpha value is -7.94. The van der Waals surface area contributed by atoms with Gasteiger partial charge in [-0.05, 0) is 123 Å². The highest BCUT2D eigenvalue weighted by molar-refractivity contribution is 6.16. The van der Waals surface area contributed by atoms with Crippen LogP contribution in [-0.2, 0) is 0 Å². The van der Waals surface area contributed by atoms with Gasteiger partial charge in [-0.25, -0.2) is 0 Å². The smallest absolute Gasteiger partial charge is 0.0547 e. The van der Waals surface area contributed by atoms with Gasteiger partial charge in [-0.1, -0.05) is 201 Å². The molecule has 11 aromatic rings. The van der Waals surface area contributed by atoms with Crippen LogP contribution < -0.4 is 4.90 Å². The van der Waals surface area contributed by atoms with Crippen molar-refractivity contribution in [2.24, 2.45) is 0 Å². The van der Waals surface area contributed by atoms with E-state index in [-0.39, 0.29) is 0 Å². The summed E-state index contributed by atoms with van der Waals surface area (Å²) < 4.78 is 2.40. The minimum Gasteiger partial charge on any atom is -0.309 e. The van der Waals surface area contributed by atoms with Gasteiger partial charge in [-0.3, -0.25) is 0 Å². The first-order chi connectivity index (χ1) is 32.8. The van der Waals surface area contributed by atoms with Gasteiger partial charge >= 0.3 is 0 Å². The predicted octanol–water partition coefficient (Wildman–Crippen LogP) is 18.1. The van der Waals surface area contributed by atoms with Gasteiger partial charge in [-0.2, -0.15) is 0 Å². The van der Waals surface area contributed by atoms with Gasteiger partial charge in [0.2, 0.25) is 0 Å². The summed E-state index contributed by atoms with van der Waals surface area (Å²) in [5.74, 6) is 0.570. The lowest BCUT2D eigenvalue weighted by Gasteiger charge is -2.31. The Morgan fingerprint density at radius 2 is 0.939 bits per heavy atom. The Balaban J connectivity index is 1.08. The minimum atomic E-state index is 0.570. The molecule has 1 aromatic heterocycles. The summed E-state index contributed by atoms with van der Waals surface area (Å²) in [6, 6.07) is 87.3. The van der Waals surface area contributed by atoms with E-state index in [0.717, 1.165) is 22.7 Å². The number of rotatable bonds is 9. The van der Waals surface area contributed by atoms with Crippen LogP contribution in [0, 0.1) is 0 Å². The summed E-state index contributed by atoms with van der Waals surface area (Å²) >= 11 is 0. The molecule has 1 fully saturated rings. The molecule has 66 heavy (non-hydrogen) atoms. The maximum Gasteiger partial charge on any atom is 0.0547 e. The molecule has 0 N–H and O–H groups in total. The number of hydrogen-bond donors (Lipinski definition) is 0. The van der Waals surface area contributed by atoms with Crippen LogP contribution in [0.15, 0.2) is 237 Å². The molecule has 0 radical (unpaired) electrons. The van der Waals surface area contributed by atoms with Crippen LogP contribution in [0.2, 0.25) is 0 Å². The van der Waals surface area contributed by atoms with Gasteiger partial charge in [0.15, 0.2) is 0 Å². The zero-order valence-corrected chi connectivity index (χ0v) is 37.0. The Labute approximate surface area is 387 Å². The summed E-state index contributed by atoms with van der Waals surface area (Å²) in [5, 5.41) is 5.21. The molecule has 2 nitrogen and oxygen atoms in total. The third-order valence-electron chi connectivity index (χ3n) is 14.0. The highest BCUT2D eigenvalue weighted by atomic mass is 15.1. The van der Waals surface area contributed by atoms with E-state index in [4.69, 9.17) is 0 Å². The van der Waals surface area contributed by atoms with Crippen molar-refractivity contribution in [1.29, 1.82) is 0 Å². The van der Waals surface area contributed by atoms with E-state index < -0.39 is 0 Å². The van der Waals surface area contributed by atoms with Crippen molar-refractivity contribution in [3.8, 4) is 50.2 Å². The van der Waals surface area contributed by atoms with E-state index in [1.807, 2.05) is 0 Å². The van der Waals surface area contributed by atoms with Crippen LogP contribution >= 0.6 is 0 Å². The number of benzene rings is 10. The van der Waals surface area contributed by atoms with Crippen molar-refractivity contribution in [3.05, 3.63) is 242 Å². The van der Waals surface area contributed by atoms with Crippen molar-refractivity contribution < 1.29 is 0 Å². The molecule has 316 valence electrons. The predicted molar refractivity (Wildman–Crippen MR) is 281 cm³/mol. The fourth-order valence-electron chi connectivity index (χ4n) is 10.9. The van der Waals surface area contributed by atoms with Gasteiger partial charge in [0, 0.05) is 33.3 Å². The molecule has 0 saturated heterocycles. The zero-order chi connectivity index (χ0) is 43.8. The third kappa shape index (κ3) is 7.07. The van der Waals surface area contributed by atoms with Gasteiger partial charge < -0.3 is 9.47 Å².